The van der Waals surface area contributed by atoms with Gasteiger partial charge in [-0.25, -0.2) is 4.98 Å². The van der Waals surface area contributed by atoms with Crippen molar-refractivity contribution in [3.05, 3.63) is 29.0 Å². The zero-order chi connectivity index (χ0) is 9.26. The molecule has 0 unspecified atom stereocenters. The van der Waals surface area contributed by atoms with Crippen molar-refractivity contribution in [2.24, 2.45) is 0 Å². The van der Waals surface area contributed by atoms with Crippen LogP contribution >= 0.6 is 11.6 Å². The van der Waals surface area contributed by atoms with Gasteiger partial charge in [-0.05, 0) is 11.6 Å². The summed E-state index contributed by atoms with van der Waals surface area (Å²) < 4.78 is 0. The van der Waals surface area contributed by atoms with Crippen LogP contribution in [0.15, 0.2) is 18.5 Å². The highest BCUT2D eigenvalue weighted by molar-refractivity contribution is 6.35. The van der Waals surface area contributed by atoms with Gasteiger partial charge in [0.25, 0.3) is 0 Å². The van der Waals surface area contributed by atoms with Gasteiger partial charge in [-0.3, -0.25) is 0 Å². The molecule has 4 heteroatoms. The topological polar surface area (TPSA) is 52.5 Å². The third kappa shape index (κ3) is 1.25. The molecule has 2 rings (SSSR count). The first-order chi connectivity index (χ1) is 6.33. The Hall–Kier alpha value is -1.53. The molecule has 3 nitrogen and oxygen atoms in total. The zero-order valence-corrected chi connectivity index (χ0v) is 7.47. The van der Waals surface area contributed by atoms with Crippen molar-refractivity contribution in [1.82, 2.24) is 9.97 Å². The fourth-order valence-corrected chi connectivity index (χ4v) is 1.57. The minimum atomic E-state index is 0.353. The van der Waals surface area contributed by atoms with Gasteiger partial charge in [0.2, 0.25) is 0 Å². The zero-order valence-electron chi connectivity index (χ0n) is 6.71. The molecule has 0 amide bonds. The number of H-pyrrole nitrogens is 1. The number of halogens is 1. The molecule has 0 radical (unpaired) electrons. The van der Waals surface area contributed by atoms with Gasteiger partial charge in [-0.15, -0.1) is 0 Å². The molecule has 0 spiro atoms. The van der Waals surface area contributed by atoms with Gasteiger partial charge in [0, 0.05) is 17.8 Å². The summed E-state index contributed by atoms with van der Waals surface area (Å²) in [4.78, 5) is 7.06. The van der Waals surface area contributed by atoms with Crippen molar-refractivity contribution < 1.29 is 0 Å². The van der Waals surface area contributed by atoms with E-state index in [4.69, 9.17) is 16.9 Å². The average Bonchev–Trinajstić information content (AvgIpc) is 2.51. The van der Waals surface area contributed by atoms with E-state index in [1.165, 1.54) is 0 Å². The summed E-state index contributed by atoms with van der Waals surface area (Å²) in [6, 6.07) is 3.80. The number of hydrogen-bond donors (Lipinski definition) is 1. The summed E-state index contributed by atoms with van der Waals surface area (Å²) in [5.74, 6) is 0. The van der Waals surface area contributed by atoms with Gasteiger partial charge in [-0.1, -0.05) is 11.6 Å². The second kappa shape index (κ2) is 3.08. The number of fused-ring (bicyclic) bond motifs is 1. The van der Waals surface area contributed by atoms with Crippen LogP contribution in [0.5, 0.6) is 0 Å². The van der Waals surface area contributed by atoms with Crippen LogP contribution in [-0.2, 0) is 6.42 Å². The Bertz CT molecular complexity index is 481. The monoisotopic (exact) mass is 191 g/mol. The number of hydrogen-bond acceptors (Lipinski definition) is 2. The van der Waals surface area contributed by atoms with Crippen molar-refractivity contribution >= 4 is 22.6 Å². The maximum Gasteiger partial charge on any atom is 0.139 e. The van der Waals surface area contributed by atoms with E-state index in [1.807, 2.05) is 0 Å². The van der Waals surface area contributed by atoms with E-state index in [0.717, 1.165) is 16.6 Å². The maximum atomic E-state index is 8.56. The fraction of sp³-hybridized carbons (Fsp3) is 0.111. The summed E-state index contributed by atoms with van der Waals surface area (Å²) >= 11 is 5.97. The number of nitrogens with one attached hydrogen (secondary N) is 1. The molecule has 2 heterocycles. The third-order valence-corrected chi connectivity index (χ3v) is 2.19. The Morgan fingerprint density at radius 3 is 3.23 bits per heavy atom. The molecule has 0 aliphatic rings. The largest absolute Gasteiger partial charge is 0.346 e. The number of aromatic nitrogens is 2. The van der Waals surface area contributed by atoms with Crippen LogP contribution < -0.4 is 0 Å². The Kier molecular flexibility index (Phi) is 1.91. The molecule has 0 aromatic carbocycles. The van der Waals surface area contributed by atoms with Gasteiger partial charge < -0.3 is 4.98 Å². The van der Waals surface area contributed by atoms with Crippen LogP contribution in [0.4, 0.5) is 0 Å². The quantitative estimate of drug-likeness (QED) is 0.752. The van der Waals surface area contributed by atoms with Crippen molar-refractivity contribution in [2.45, 2.75) is 6.42 Å². The lowest BCUT2D eigenvalue weighted by molar-refractivity contribution is 1.27. The van der Waals surface area contributed by atoms with Crippen LogP contribution in [0.1, 0.15) is 5.56 Å². The normalized spacial score (nSPS) is 10.2. The Labute approximate surface area is 80.0 Å². The van der Waals surface area contributed by atoms with Crippen molar-refractivity contribution in [1.29, 1.82) is 5.26 Å². The van der Waals surface area contributed by atoms with E-state index in [-0.39, 0.29) is 0 Å². The van der Waals surface area contributed by atoms with E-state index in [9.17, 15) is 0 Å². The minimum Gasteiger partial charge on any atom is -0.346 e. The molecule has 64 valence electrons. The Morgan fingerprint density at radius 2 is 2.46 bits per heavy atom. The van der Waals surface area contributed by atoms with E-state index in [1.54, 1.807) is 18.5 Å². The maximum absolute atomic E-state index is 8.56. The average molecular weight is 192 g/mol. The van der Waals surface area contributed by atoms with Crippen molar-refractivity contribution in [2.75, 3.05) is 0 Å². The number of aromatic amines is 1. The SMILES string of the molecule is N#CCc1c[nH]c2nccc(Cl)c12. The Balaban J connectivity index is 2.73. The van der Waals surface area contributed by atoms with Crippen molar-refractivity contribution in [3.8, 4) is 6.07 Å². The second-order valence-corrected chi connectivity index (χ2v) is 3.07. The van der Waals surface area contributed by atoms with Crippen LogP contribution in [-0.4, -0.2) is 9.97 Å². The highest BCUT2D eigenvalue weighted by Crippen LogP contribution is 2.24. The number of pyridine rings is 1. The van der Waals surface area contributed by atoms with Crippen molar-refractivity contribution in [3.63, 3.8) is 0 Å². The third-order valence-electron chi connectivity index (χ3n) is 1.87. The van der Waals surface area contributed by atoms with Gasteiger partial charge in [0.15, 0.2) is 0 Å². The Morgan fingerprint density at radius 1 is 1.62 bits per heavy atom. The first-order valence-electron chi connectivity index (χ1n) is 3.80. The molecule has 0 aliphatic heterocycles. The summed E-state index contributed by atoms with van der Waals surface area (Å²) in [7, 11) is 0. The molecule has 13 heavy (non-hydrogen) atoms. The first kappa shape index (κ1) is 8.09. The lowest BCUT2D eigenvalue weighted by Crippen LogP contribution is -1.80. The van der Waals surface area contributed by atoms with Gasteiger partial charge in [0.1, 0.15) is 5.65 Å². The summed E-state index contributed by atoms with van der Waals surface area (Å²) in [5.41, 5.74) is 1.63. The lowest BCUT2D eigenvalue weighted by atomic mass is 10.2. The summed E-state index contributed by atoms with van der Waals surface area (Å²) in [6.07, 6.45) is 3.76. The van der Waals surface area contributed by atoms with Crippen LogP contribution in [0.2, 0.25) is 5.02 Å². The number of rotatable bonds is 1. The van der Waals surface area contributed by atoms with Gasteiger partial charge in [0.05, 0.1) is 17.5 Å². The minimum absolute atomic E-state index is 0.353. The van der Waals surface area contributed by atoms with E-state index >= 15 is 0 Å². The standard InChI is InChI=1S/C9H6ClN3/c10-7-2-4-12-9-8(7)6(1-3-11)5-13-9/h2,4-5H,1H2,(H,12,13). The number of nitriles is 1. The first-order valence-corrected chi connectivity index (χ1v) is 4.18. The molecular formula is C9H6ClN3. The molecule has 0 aliphatic carbocycles. The molecule has 2 aromatic heterocycles. The van der Waals surface area contributed by atoms with E-state index < -0.39 is 0 Å². The predicted octanol–water partition coefficient (Wildman–Crippen LogP) is 2.28. The van der Waals surface area contributed by atoms with Crippen LogP contribution in [0.3, 0.4) is 0 Å². The molecule has 0 fully saturated rings. The summed E-state index contributed by atoms with van der Waals surface area (Å²) in [6.45, 7) is 0. The molecule has 2 aromatic rings. The van der Waals surface area contributed by atoms with Gasteiger partial charge >= 0.3 is 0 Å². The molecule has 0 saturated heterocycles. The predicted molar refractivity (Wildman–Crippen MR) is 50.4 cm³/mol. The molecule has 1 N–H and O–H groups in total. The highest BCUT2D eigenvalue weighted by Gasteiger charge is 2.06. The van der Waals surface area contributed by atoms with Gasteiger partial charge in [-0.2, -0.15) is 5.26 Å². The second-order valence-electron chi connectivity index (χ2n) is 2.67. The van der Waals surface area contributed by atoms with E-state index in [2.05, 4.69) is 16.0 Å². The fourth-order valence-electron chi connectivity index (χ4n) is 1.31. The van der Waals surface area contributed by atoms with Crippen LogP contribution in [0.25, 0.3) is 11.0 Å². The smallest absolute Gasteiger partial charge is 0.139 e. The number of nitrogens with zero attached hydrogens (tertiary/aromatic N) is 2. The molecule has 0 atom stereocenters. The lowest BCUT2D eigenvalue weighted by Gasteiger charge is -1.94. The molecule has 0 saturated carbocycles. The molecule has 0 bridgehead atoms. The summed E-state index contributed by atoms with van der Waals surface area (Å²) in [5, 5.41) is 10.0. The van der Waals surface area contributed by atoms with E-state index in [0.29, 0.717) is 11.4 Å². The highest BCUT2D eigenvalue weighted by atomic mass is 35.5. The molecular weight excluding hydrogens is 186 g/mol. The van der Waals surface area contributed by atoms with Crippen LogP contribution in [0, 0.1) is 11.3 Å².